The third kappa shape index (κ3) is 4.60. The SMILES string of the molecule is CC(C)CN(Cc1nc2ccccc2n1-c1ccccc1)C(=O)c1ccc(Cl)c(Cl)c1. The van der Waals surface area contributed by atoms with Gasteiger partial charge in [-0.25, -0.2) is 4.98 Å². The highest BCUT2D eigenvalue weighted by atomic mass is 35.5. The molecule has 0 saturated carbocycles. The third-order valence-corrected chi connectivity index (χ3v) is 5.76. The number of carbonyl (C=O) groups is 1. The fraction of sp³-hybridized carbons (Fsp3) is 0.200. The van der Waals surface area contributed by atoms with E-state index >= 15 is 0 Å². The quantitative estimate of drug-likeness (QED) is 0.329. The molecule has 0 saturated heterocycles. The third-order valence-electron chi connectivity index (χ3n) is 5.02. The summed E-state index contributed by atoms with van der Waals surface area (Å²) in [6.07, 6.45) is 0. The summed E-state index contributed by atoms with van der Waals surface area (Å²) in [7, 11) is 0. The maximum absolute atomic E-state index is 13.4. The average Bonchev–Trinajstić information content (AvgIpc) is 3.13. The summed E-state index contributed by atoms with van der Waals surface area (Å²) >= 11 is 12.2. The van der Waals surface area contributed by atoms with Gasteiger partial charge in [0.2, 0.25) is 0 Å². The number of rotatable bonds is 6. The van der Waals surface area contributed by atoms with Crippen molar-refractivity contribution in [2.24, 2.45) is 5.92 Å². The number of carbonyl (C=O) groups excluding carboxylic acids is 1. The molecule has 0 N–H and O–H groups in total. The molecule has 3 aromatic carbocycles. The largest absolute Gasteiger partial charge is 0.331 e. The first-order valence-corrected chi connectivity index (χ1v) is 11.0. The predicted octanol–water partition coefficient (Wildman–Crippen LogP) is 6.63. The van der Waals surface area contributed by atoms with Crippen LogP contribution in [-0.2, 0) is 6.54 Å². The van der Waals surface area contributed by atoms with Crippen LogP contribution in [0.5, 0.6) is 0 Å². The maximum Gasteiger partial charge on any atom is 0.254 e. The molecule has 4 nitrogen and oxygen atoms in total. The zero-order valence-corrected chi connectivity index (χ0v) is 18.9. The number of nitrogens with zero attached hydrogens (tertiary/aromatic N) is 3. The summed E-state index contributed by atoms with van der Waals surface area (Å²) in [6.45, 7) is 5.16. The van der Waals surface area contributed by atoms with E-state index in [0.29, 0.717) is 34.6 Å². The lowest BCUT2D eigenvalue weighted by Crippen LogP contribution is -2.34. The molecular formula is C25H23Cl2N3O. The summed E-state index contributed by atoms with van der Waals surface area (Å²) in [5.74, 6) is 1.00. The topological polar surface area (TPSA) is 38.1 Å². The number of hydrogen-bond acceptors (Lipinski definition) is 2. The molecule has 0 atom stereocenters. The summed E-state index contributed by atoms with van der Waals surface area (Å²) in [6, 6.07) is 23.1. The van der Waals surface area contributed by atoms with Crippen LogP contribution in [0.1, 0.15) is 30.0 Å². The van der Waals surface area contributed by atoms with E-state index in [1.54, 1.807) is 18.2 Å². The molecule has 0 aliphatic rings. The van der Waals surface area contributed by atoms with E-state index in [-0.39, 0.29) is 5.91 Å². The van der Waals surface area contributed by atoms with Gasteiger partial charge in [0, 0.05) is 17.8 Å². The van der Waals surface area contributed by atoms with Crippen LogP contribution in [0.2, 0.25) is 10.0 Å². The lowest BCUT2D eigenvalue weighted by Gasteiger charge is -2.25. The molecule has 0 bridgehead atoms. The van der Waals surface area contributed by atoms with Gasteiger partial charge in [0.05, 0.1) is 27.6 Å². The van der Waals surface area contributed by atoms with E-state index < -0.39 is 0 Å². The Labute approximate surface area is 192 Å². The van der Waals surface area contributed by atoms with Crippen molar-refractivity contribution in [3.8, 4) is 5.69 Å². The van der Waals surface area contributed by atoms with Crippen LogP contribution in [0, 0.1) is 5.92 Å². The normalized spacial score (nSPS) is 11.3. The Kier molecular flexibility index (Phi) is 6.30. The van der Waals surface area contributed by atoms with Crippen LogP contribution in [0.3, 0.4) is 0 Å². The Morgan fingerprint density at radius 1 is 0.968 bits per heavy atom. The van der Waals surface area contributed by atoms with Gasteiger partial charge in [-0.05, 0) is 48.4 Å². The van der Waals surface area contributed by atoms with Crippen LogP contribution < -0.4 is 0 Å². The Balaban J connectivity index is 1.77. The lowest BCUT2D eigenvalue weighted by molar-refractivity contribution is 0.0717. The highest BCUT2D eigenvalue weighted by molar-refractivity contribution is 6.42. The van der Waals surface area contributed by atoms with Crippen molar-refractivity contribution < 1.29 is 4.79 Å². The number of halogens is 2. The average molecular weight is 452 g/mol. The molecular weight excluding hydrogens is 429 g/mol. The summed E-state index contributed by atoms with van der Waals surface area (Å²) in [5.41, 5.74) is 3.43. The van der Waals surface area contributed by atoms with Crippen molar-refractivity contribution in [3.63, 3.8) is 0 Å². The minimum Gasteiger partial charge on any atom is -0.331 e. The van der Waals surface area contributed by atoms with Crippen molar-refractivity contribution >= 4 is 40.1 Å². The molecule has 4 aromatic rings. The van der Waals surface area contributed by atoms with Gasteiger partial charge in [-0.15, -0.1) is 0 Å². The van der Waals surface area contributed by atoms with Gasteiger partial charge < -0.3 is 4.90 Å². The van der Waals surface area contributed by atoms with Gasteiger partial charge in [0.15, 0.2) is 0 Å². The van der Waals surface area contributed by atoms with Crippen LogP contribution in [0.25, 0.3) is 16.7 Å². The minimum absolute atomic E-state index is 0.0982. The van der Waals surface area contributed by atoms with E-state index in [4.69, 9.17) is 28.2 Å². The number of para-hydroxylation sites is 3. The molecule has 0 aliphatic heterocycles. The maximum atomic E-state index is 13.4. The van der Waals surface area contributed by atoms with Gasteiger partial charge in [0.1, 0.15) is 5.82 Å². The van der Waals surface area contributed by atoms with Gasteiger partial charge in [-0.1, -0.05) is 67.4 Å². The molecule has 1 amide bonds. The van der Waals surface area contributed by atoms with Crippen molar-refractivity contribution in [2.75, 3.05) is 6.54 Å². The fourth-order valence-electron chi connectivity index (χ4n) is 3.69. The predicted molar refractivity (Wildman–Crippen MR) is 127 cm³/mol. The van der Waals surface area contributed by atoms with E-state index in [1.807, 2.05) is 59.5 Å². The number of fused-ring (bicyclic) bond motifs is 1. The van der Waals surface area contributed by atoms with Crippen LogP contribution in [0.4, 0.5) is 0 Å². The minimum atomic E-state index is -0.0982. The van der Waals surface area contributed by atoms with E-state index in [1.165, 1.54) is 0 Å². The Morgan fingerprint density at radius 2 is 1.68 bits per heavy atom. The van der Waals surface area contributed by atoms with E-state index in [0.717, 1.165) is 22.5 Å². The van der Waals surface area contributed by atoms with E-state index in [9.17, 15) is 4.79 Å². The monoisotopic (exact) mass is 451 g/mol. The Morgan fingerprint density at radius 3 is 2.39 bits per heavy atom. The molecule has 0 spiro atoms. The molecule has 4 rings (SSSR count). The molecule has 0 radical (unpaired) electrons. The number of aromatic nitrogens is 2. The number of imidazole rings is 1. The van der Waals surface area contributed by atoms with Gasteiger partial charge >= 0.3 is 0 Å². The van der Waals surface area contributed by atoms with Gasteiger partial charge in [-0.3, -0.25) is 9.36 Å². The summed E-state index contributed by atoms with van der Waals surface area (Å²) < 4.78 is 2.12. The second-order valence-corrected chi connectivity index (χ2v) is 8.71. The van der Waals surface area contributed by atoms with Crippen molar-refractivity contribution in [2.45, 2.75) is 20.4 Å². The Bertz CT molecular complexity index is 1220. The first-order valence-electron chi connectivity index (χ1n) is 10.2. The molecule has 0 unspecified atom stereocenters. The lowest BCUT2D eigenvalue weighted by atomic mass is 10.1. The molecule has 0 fully saturated rings. The molecule has 31 heavy (non-hydrogen) atoms. The summed E-state index contributed by atoms with van der Waals surface area (Å²) in [5, 5.41) is 0.799. The van der Waals surface area contributed by atoms with Crippen molar-refractivity contribution in [1.29, 1.82) is 0 Å². The molecule has 0 aliphatic carbocycles. The first kappa shape index (κ1) is 21.4. The van der Waals surface area contributed by atoms with Crippen LogP contribution in [-0.4, -0.2) is 26.9 Å². The number of amides is 1. The van der Waals surface area contributed by atoms with Crippen molar-refractivity contribution in [1.82, 2.24) is 14.5 Å². The summed E-state index contributed by atoms with van der Waals surface area (Å²) in [4.78, 5) is 20.1. The van der Waals surface area contributed by atoms with Gasteiger partial charge in [-0.2, -0.15) is 0 Å². The van der Waals surface area contributed by atoms with Gasteiger partial charge in [0.25, 0.3) is 5.91 Å². The number of benzene rings is 3. The molecule has 1 heterocycles. The second kappa shape index (κ2) is 9.13. The molecule has 6 heteroatoms. The molecule has 1 aromatic heterocycles. The second-order valence-electron chi connectivity index (χ2n) is 7.90. The Hall–Kier alpha value is -2.82. The highest BCUT2D eigenvalue weighted by Crippen LogP contribution is 2.26. The first-order chi connectivity index (χ1) is 14.9. The highest BCUT2D eigenvalue weighted by Gasteiger charge is 2.22. The fourth-order valence-corrected chi connectivity index (χ4v) is 3.99. The van der Waals surface area contributed by atoms with Crippen LogP contribution >= 0.6 is 23.2 Å². The van der Waals surface area contributed by atoms with Crippen LogP contribution in [0.15, 0.2) is 72.8 Å². The number of hydrogen-bond donors (Lipinski definition) is 0. The smallest absolute Gasteiger partial charge is 0.254 e. The van der Waals surface area contributed by atoms with E-state index in [2.05, 4.69) is 18.4 Å². The zero-order chi connectivity index (χ0) is 22.0. The standard InChI is InChI=1S/C25H23Cl2N3O/c1-17(2)15-29(25(31)18-12-13-20(26)21(27)14-18)16-24-28-22-10-6-7-11-23(22)30(24)19-8-4-3-5-9-19/h3-14,17H,15-16H2,1-2H3. The zero-order valence-electron chi connectivity index (χ0n) is 17.4. The van der Waals surface area contributed by atoms with Crippen molar-refractivity contribution in [3.05, 3.63) is 94.2 Å². The molecule has 158 valence electrons.